The van der Waals surface area contributed by atoms with E-state index in [0.29, 0.717) is 17.1 Å². The molecule has 1 aliphatic heterocycles. The van der Waals surface area contributed by atoms with Gasteiger partial charge in [0.2, 0.25) is 0 Å². The fraction of sp³-hybridized carbons (Fsp3) is 0.350. The number of nitrogens with one attached hydrogen (secondary N) is 1. The number of ether oxygens (including phenoxy) is 2. The van der Waals surface area contributed by atoms with Gasteiger partial charge in [0.25, 0.3) is 5.91 Å². The molecule has 0 atom stereocenters. The van der Waals surface area contributed by atoms with Crippen molar-refractivity contribution in [1.82, 2.24) is 0 Å². The largest absolute Gasteiger partial charge is 0.497 e. The standard InChI is InChI=1S/C20H24N2O3/c1-24-18-12-15(13-19(14-18)25-2)20(23)21-16-6-8-17(9-7-16)22-10-4-3-5-11-22/h6-9,12-14H,3-5,10-11H2,1-2H3,(H,21,23). The highest BCUT2D eigenvalue weighted by Crippen LogP contribution is 2.25. The number of benzene rings is 2. The lowest BCUT2D eigenvalue weighted by Gasteiger charge is -2.28. The molecule has 2 aromatic carbocycles. The van der Waals surface area contributed by atoms with Crippen LogP contribution >= 0.6 is 0 Å². The maximum atomic E-state index is 12.5. The van der Waals surface area contributed by atoms with Crippen LogP contribution in [-0.2, 0) is 0 Å². The number of methoxy groups -OCH3 is 2. The number of nitrogens with zero attached hydrogens (tertiary/aromatic N) is 1. The van der Waals surface area contributed by atoms with Crippen molar-refractivity contribution >= 4 is 17.3 Å². The molecule has 0 saturated carbocycles. The quantitative estimate of drug-likeness (QED) is 0.895. The minimum absolute atomic E-state index is 0.192. The molecule has 1 fully saturated rings. The van der Waals surface area contributed by atoms with Gasteiger partial charge in [-0.25, -0.2) is 0 Å². The topological polar surface area (TPSA) is 50.8 Å². The van der Waals surface area contributed by atoms with Gasteiger partial charge in [-0.05, 0) is 55.7 Å². The van der Waals surface area contributed by atoms with E-state index in [1.165, 1.54) is 24.9 Å². The van der Waals surface area contributed by atoms with E-state index in [-0.39, 0.29) is 5.91 Å². The number of hydrogen-bond acceptors (Lipinski definition) is 4. The van der Waals surface area contributed by atoms with E-state index in [1.807, 2.05) is 12.1 Å². The molecule has 1 heterocycles. The molecule has 25 heavy (non-hydrogen) atoms. The van der Waals surface area contributed by atoms with E-state index in [0.717, 1.165) is 18.8 Å². The maximum absolute atomic E-state index is 12.5. The summed E-state index contributed by atoms with van der Waals surface area (Å²) in [4.78, 5) is 14.9. The fourth-order valence-corrected chi connectivity index (χ4v) is 3.05. The van der Waals surface area contributed by atoms with Crippen LogP contribution in [0.3, 0.4) is 0 Å². The van der Waals surface area contributed by atoms with Gasteiger partial charge in [0.1, 0.15) is 11.5 Å². The summed E-state index contributed by atoms with van der Waals surface area (Å²) in [5.41, 5.74) is 2.48. The Labute approximate surface area is 148 Å². The van der Waals surface area contributed by atoms with Crippen LogP contribution in [0, 0.1) is 0 Å². The maximum Gasteiger partial charge on any atom is 0.255 e. The van der Waals surface area contributed by atoms with Crippen molar-refractivity contribution in [2.45, 2.75) is 19.3 Å². The van der Waals surface area contributed by atoms with Crippen LogP contribution in [0.1, 0.15) is 29.6 Å². The zero-order chi connectivity index (χ0) is 17.6. The van der Waals surface area contributed by atoms with Crippen LogP contribution in [0.4, 0.5) is 11.4 Å². The predicted octanol–water partition coefficient (Wildman–Crippen LogP) is 3.95. The first-order valence-electron chi connectivity index (χ1n) is 8.59. The molecule has 1 saturated heterocycles. The second-order valence-corrected chi connectivity index (χ2v) is 6.15. The van der Waals surface area contributed by atoms with E-state index >= 15 is 0 Å². The van der Waals surface area contributed by atoms with Crippen molar-refractivity contribution in [3.8, 4) is 11.5 Å². The Morgan fingerprint density at radius 1 is 0.920 bits per heavy atom. The number of anilines is 2. The molecule has 0 radical (unpaired) electrons. The monoisotopic (exact) mass is 340 g/mol. The van der Waals surface area contributed by atoms with Gasteiger partial charge in [0, 0.05) is 36.1 Å². The highest BCUT2D eigenvalue weighted by Gasteiger charge is 2.12. The minimum atomic E-state index is -0.192. The molecule has 0 aliphatic carbocycles. The molecular formula is C20H24N2O3. The van der Waals surface area contributed by atoms with Crippen molar-refractivity contribution in [2.75, 3.05) is 37.5 Å². The number of carbonyl (C=O) groups is 1. The second-order valence-electron chi connectivity index (χ2n) is 6.15. The highest BCUT2D eigenvalue weighted by molar-refractivity contribution is 6.04. The molecule has 0 spiro atoms. The van der Waals surface area contributed by atoms with Gasteiger partial charge in [-0.15, -0.1) is 0 Å². The first-order valence-corrected chi connectivity index (χ1v) is 8.59. The smallest absolute Gasteiger partial charge is 0.255 e. The Balaban J connectivity index is 1.70. The van der Waals surface area contributed by atoms with Crippen molar-refractivity contribution in [1.29, 1.82) is 0 Å². The Kier molecular flexibility index (Phi) is 5.43. The van der Waals surface area contributed by atoms with Gasteiger partial charge in [-0.1, -0.05) is 0 Å². The third-order valence-electron chi connectivity index (χ3n) is 4.46. The van der Waals surface area contributed by atoms with Crippen LogP contribution in [0.25, 0.3) is 0 Å². The van der Waals surface area contributed by atoms with Crippen molar-refractivity contribution < 1.29 is 14.3 Å². The van der Waals surface area contributed by atoms with Gasteiger partial charge >= 0.3 is 0 Å². The van der Waals surface area contributed by atoms with Crippen molar-refractivity contribution in [3.63, 3.8) is 0 Å². The molecule has 0 unspecified atom stereocenters. The lowest BCUT2D eigenvalue weighted by molar-refractivity contribution is 0.102. The van der Waals surface area contributed by atoms with Gasteiger partial charge in [0.05, 0.1) is 14.2 Å². The molecule has 0 bridgehead atoms. The summed E-state index contributed by atoms with van der Waals surface area (Å²) < 4.78 is 10.4. The molecule has 5 heteroatoms. The Morgan fingerprint density at radius 3 is 2.08 bits per heavy atom. The molecule has 3 rings (SSSR count). The summed E-state index contributed by atoms with van der Waals surface area (Å²) in [6, 6.07) is 13.1. The normalized spacial score (nSPS) is 14.1. The van der Waals surface area contributed by atoms with E-state index in [4.69, 9.17) is 9.47 Å². The van der Waals surface area contributed by atoms with Crippen molar-refractivity contribution in [2.24, 2.45) is 0 Å². The van der Waals surface area contributed by atoms with Crippen molar-refractivity contribution in [3.05, 3.63) is 48.0 Å². The predicted molar refractivity (Wildman–Crippen MR) is 100 cm³/mol. The van der Waals surface area contributed by atoms with Gasteiger partial charge in [-0.2, -0.15) is 0 Å². The molecule has 0 aromatic heterocycles. The van der Waals surface area contributed by atoms with Crippen LogP contribution in [0.2, 0.25) is 0 Å². The first kappa shape index (κ1) is 17.1. The Hall–Kier alpha value is -2.69. The van der Waals surface area contributed by atoms with E-state index in [1.54, 1.807) is 32.4 Å². The van der Waals surface area contributed by atoms with Gasteiger partial charge in [-0.3, -0.25) is 4.79 Å². The minimum Gasteiger partial charge on any atom is -0.497 e. The van der Waals surface area contributed by atoms with Gasteiger partial charge < -0.3 is 19.7 Å². The third kappa shape index (κ3) is 4.24. The number of carbonyl (C=O) groups excluding carboxylic acids is 1. The Bertz CT molecular complexity index is 700. The molecule has 132 valence electrons. The van der Waals surface area contributed by atoms with Gasteiger partial charge in [0.15, 0.2) is 0 Å². The number of amides is 1. The first-order chi connectivity index (χ1) is 12.2. The fourth-order valence-electron chi connectivity index (χ4n) is 3.05. The van der Waals surface area contributed by atoms with Crippen LogP contribution < -0.4 is 19.7 Å². The van der Waals surface area contributed by atoms with E-state index in [9.17, 15) is 4.79 Å². The number of rotatable bonds is 5. The number of piperidine rings is 1. The lowest BCUT2D eigenvalue weighted by Crippen LogP contribution is -2.29. The molecule has 1 N–H and O–H groups in total. The average molecular weight is 340 g/mol. The molecule has 1 aliphatic rings. The molecular weight excluding hydrogens is 316 g/mol. The summed E-state index contributed by atoms with van der Waals surface area (Å²) in [6.07, 6.45) is 3.81. The summed E-state index contributed by atoms with van der Waals surface area (Å²) in [5, 5.41) is 2.92. The summed E-state index contributed by atoms with van der Waals surface area (Å²) in [7, 11) is 3.13. The van der Waals surface area contributed by atoms with E-state index < -0.39 is 0 Å². The van der Waals surface area contributed by atoms with Crippen LogP contribution in [0.5, 0.6) is 11.5 Å². The average Bonchev–Trinajstić information content (AvgIpc) is 2.68. The zero-order valence-electron chi connectivity index (χ0n) is 14.7. The highest BCUT2D eigenvalue weighted by atomic mass is 16.5. The van der Waals surface area contributed by atoms with E-state index in [2.05, 4.69) is 22.3 Å². The SMILES string of the molecule is COc1cc(OC)cc(C(=O)Nc2ccc(N3CCCCC3)cc2)c1. The summed E-state index contributed by atoms with van der Waals surface area (Å²) in [6.45, 7) is 2.21. The number of hydrogen-bond donors (Lipinski definition) is 1. The molecule has 2 aromatic rings. The third-order valence-corrected chi connectivity index (χ3v) is 4.46. The molecule has 5 nitrogen and oxygen atoms in total. The lowest BCUT2D eigenvalue weighted by atomic mass is 10.1. The van der Waals surface area contributed by atoms with Crippen LogP contribution in [-0.4, -0.2) is 33.2 Å². The second kappa shape index (κ2) is 7.92. The summed E-state index contributed by atoms with van der Waals surface area (Å²) in [5.74, 6) is 0.984. The Morgan fingerprint density at radius 2 is 1.52 bits per heavy atom. The summed E-state index contributed by atoms with van der Waals surface area (Å²) >= 11 is 0. The van der Waals surface area contributed by atoms with Crippen LogP contribution in [0.15, 0.2) is 42.5 Å². The molecule has 1 amide bonds. The zero-order valence-corrected chi connectivity index (χ0v) is 14.7.